The number of hydrogen-bond acceptors (Lipinski definition) is 8. The Morgan fingerprint density at radius 1 is 1.00 bits per heavy atom. The summed E-state index contributed by atoms with van der Waals surface area (Å²) in [5.74, 6) is 3.01. The first kappa shape index (κ1) is 25.2. The van der Waals surface area contributed by atoms with Gasteiger partial charge in [-0.15, -0.1) is 10.2 Å². The van der Waals surface area contributed by atoms with E-state index in [1.807, 2.05) is 54.8 Å². The molecule has 1 aromatic heterocycles. The summed E-state index contributed by atoms with van der Waals surface area (Å²) < 4.78 is 24.0. The summed E-state index contributed by atoms with van der Waals surface area (Å²) in [7, 11) is 4.68. The average molecular weight is 487 g/mol. The lowest BCUT2D eigenvalue weighted by molar-refractivity contribution is -0.118. The zero-order valence-corrected chi connectivity index (χ0v) is 20.9. The van der Waals surface area contributed by atoms with Crippen molar-refractivity contribution >= 4 is 17.7 Å². The van der Waals surface area contributed by atoms with Gasteiger partial charge in [0.15, 0.2) is 22.5 Å². The Labute approximate surface area is 203 Å². The van der Waals surface area contributed by atoms with Crippen molar-refractivity contribution in [1.29, 1.82) is 0 Å². The molecule has 0 spiro atoms. The van der Waals surface area contributed by atoms with E-state index in [1.165, 1.54) is 11.8 Å². The number of benzene rings is 2. The molecule has 182 valence electrons. The highest BCUT2D eigenvalue weighted by Gasteiger charge is 2.21. The van der Waals surface area contributed by atoms with E-state index >= 15 is 0 Å². The molecule has 0 fully saturated rings. The Balaban J connectivity index is 2.07. The summed E-state index contributed by atoms with van der Waals surface area (Å²) >= 11 is 1.32. The number of nitrogens with zero attached hydrogens (tertiary/aromatic N) is 3. The minimum atomic E-state index is -0.0533. The molecule has 0 aliphatic carbocycles. The monoisotopic (exact) mass is 486 g/mol. The minimum absolute atomic E-state index is 0.0533. The minimum Gasteiger partial charge on any atom is -0.494 e. The van der Waals surface area contributed by atoms with Crippen molar-refractivity contribution in [3.05, 3.63) is 36.4 Å². The van der Waals surface area contributed by atoms with Crippen LogP contribution in [0.15, 0.2) is 41.6 Å². The normalized spacial score (nSPS) is 10.6. The molecule has 1 heterocycles. The maximum atomic E-state index is 12.2. The van der Waals surface area contributed by atoms with E-state index in [1.54, 1.807) is 21.3 Å². The zero-order chi connectivity index (χ0) is 24.5. The van der Waals surface area contributed by atoms with Gasteiger partial charge in [0, 0.05) is 17.8 Å². The summed E-state index contributed by atoms with van der Waals surface area (Å²) in [6, 6.07) is 11.3. The highest BCUT2D eigenvalue weighted by molar-refractivity contribution is 7.99. The topological polar surface area (TPSA) is 96.7 Å². The SMILES string of the molecule is CCCNC(=O)CSc1nnc(-c2cc(OC)c(OC)c(OC)c2)n1-c1ccc(OCC)cc1. The van der Waals surface area contributed by atoms with Crippen LogP contribution >= 0.6 is 11.8 Å². The van der Waals surface area contributed by atoms with Crippen LogP contribution in [0.3, 0.4) is 0 Å². The highest BCUT2D eigenvalue weighted by atomic mass is 32.2. The van der Waals surface area contributed by atoms with Gasteiger partial charge in [0.25, 0.3) is 0 Å². The number of nitrogens with one attached hydrogen (secondary N) is 1. The van der Waals surface area contributed by atoms with Gasteiger partial charge in [-0.25, -0.2) is 0 Å². The van der Waals surface area contributed by atoms with Crippen LogP contribution in [-0.2, 0) is 4.79 Å². The fourth-order valence-electron chi connectivity index (χ4n) is 3.30. The van der Waals surface area contributed by atoms with E-state index in [-0.39, 0.29) is 11.7 Å². The number of carbonyl (C=O) groups is 1. The number of amides is 1. The van der Waals surface area contributed by atoms with Crippen LogP contribution < -0.4 is 24.3 Å². The van der Waals surface area contributed by atoms with Gasteiger partial charge in [-0.05, 0) is 49.7 Å². The van der Waals surface area contributed by atoms with E-state index in [0.717, 1.165) is 23.4 Å². The van der Waals surface area contributed by atoms with Crippen LogP contribution in [0.25, 0.3) is 17.1 Å². The van der Waals surface area contributed by atoms with Crippen molar-refractivity contribution < 1.29 is 23.7 Å². The molecule has 0 saturated heterocycles. The van der Waals surface area contributed by atoms with Crippen molar-refractivity contribution in [2.45, 2.75) is 25.4 Å². The van der Waals surface area contributed by atoms with Gasteiger partial charge in [0.05, 0.1) is 33.7 Å². The van der Waals surface area contributed by atoms with Crippen LogP contribution in [0.2, 0.25) is 0 Å². The van der Waals surface area contributed by atoms with E-state index in [9.17, 15) is 4.79 Å². The molecule has 0 bridgehead atoms. The number of hydrogen-bond donors (Lipinski definition) is 1. The predicted octanol–water partition coefficient (Wildman–Crippen LogP) is 3.98. The number of thioether (sulfide) groups is 1. The first-order chi connectivity index (χ1) is 16.6. The molecule has 0 unspecified atom stereocenters. The standard InChI is InChI=1S/C24H30N4O5S/c1-6-12-25-21(29)15-34-24-27-26-23(28(24)17-8-10-18(11-9-17)33-7-2)16-13-19(30-3)22(32-5)20(14-16)31-4/h8-11,13-14H,6-7,12,15H2,1-5H3,(H,25,29). The molecule has 3 rings (SSSR count). The fourth-order valence-corrected chi connectivity index (χ4v) is 4.08. The quantitative estimate of drug-likeness (QED) is 0.384. The van der Waals surface area contributed by atoms with Gasteiger partial charge in [-0.2, -0.15) is 0 Å². The largest absolute Gasteiger partial charge is 0.494 e. The number of methoxy groups -OCH3 is 3. The molecule has 0 radical (unpaired) electrons. The highest BCUT2D eigenvalue weighted by Crippen LogP contribution is 2.41. The lowest BCUT2D eigenvalue weighted by Gasteiger charge is -2.15. The third-order valence-corrected chi connectivity index (χ3v) is 5.80. The van der Waals surface area contributed by atoms with E-state index in [2.05, 4.69) is 15.5 Å². The second kappa shape index (κ2) is 12.2. The average Bonchev–Trinajstić information content (AvgIpc) is 3.29. The van der Waals surface area contributed by atoms with E-state index in [0.29, 0.717) is 41.4 Å². The molecule has 3 aromatic rings. The Morgan fingerprint density at radius 2 is 1.68 bits per heavy atom. The van der Waals surface area contributed by atoms with E-state index < -0.39 is 0 Å². The third kappa shape index (κ3) is 5.74. The fraction of sp³-hybridized carbons (Fsp3) is 0.375. The van der Waals surface area contributed by atoms with Crippen molar-refractivity contribution in [3.63, 3.8) is 0 Å². The molecule has 2 aromatic carbocycles. The molecule has 0 aliphatic rings. The summed E-state index contributed by atoms with van der Waals surface area (Å²) in [6.07, 6.45) is 0.879. The zero-order valence-electron chi connectivity index (χ0n) is 20.1. The van der Waals surface area contributed by atoms with Crippen molar-refractivity contribution in [2.75, 3.05) is 40.2 Å². The van der Waals surface area contributed by atoms with Crippen LogP contribution in [0.1, 0.15) is 20.3 Å². The predicted molar refractivity (Wildman–Crippen MR) is 132 cm³/mol. The molecule has 1 amide bonds. The Hall–Kier alpha value is -3.40. The molecule has 9 nitrogen and oxygen atoms in total. The Morgan fingerprint density at radius 3 is 2.24 bits per heavy atom. The lowest BCUT2D eigenvalue weighted by atomic mass is 10.1. The molecule has 10 heteroatoms. The lowest BCUT2D eigenvalue weighted by Crippen LogP contribution is -2.25. The third-order valence-electron chi connectivity index (χ3n) is 4.87. The second-order valence-electron chi connectivity index (χ2n) is 7.12. The first-order valence-corrected chi connectivity index (χ1v) is 11.9. The second-order valence-corrected chi connectivity index (χ2v) is 8.06. The Bertz CT molecular complexity index is 1080. The van der Waals surface area contributed by atoms with E-state index in [4.69, 9.17) is 18.9 Å². The van der Waals surface area contributed by atoms with Crippen molar-refractivity contribution in [2.24, 2.45) is 0 Å². The summed E-state index contributed by atoms with van der Waals surface area (Å²) in [5.41, 5.74) is 1.55. The first-order valence-electron chi connectivity index (χ1n) is 10.9. The summed E-state index contributed by atoms with van der Waals surface area (Å²) in [4.78, 5) is 12.2. The number of ether oxygens (including phenoxy) is 4. The number of carbonyl (C=O) groups excluding carboxylic acids is 1. The van der Waals surface area contributed by atoms with Crippen LogP contribution in [-0.4, -0.2) is 60.9 Å². The van der Waals surface area contributed by atoms with Crippen molar-refractivity contribution in [1.82, 2.24) is 20.1 Å². The number of rotatable bonds is 12. The number of aromatic nitrogens is 3. The summed E-state index contributed by atoms with van der Waals surface area (Å²) in [6.45, 7) is 5.17. The molecule has 0 atom stereocenters. The van der Waals surface area contributed by atoms with Gasteiger partial charge < -0.3 is 24.3 Å². The van der Waals surface area contributed by atoms with Gasteiger partial charge in [0.1, 0.15) is 5.75 Å². The molecule has 0 aliphatic heterocycles. The molecule has 34 heavy (non-hydrogen) atoms. The van der Waals surface area contributed by atoms with Crippen LogP contribution in [0.5, 0.6) is 23.0 Å². The van der Waals surface area contributed by atoms with Gasteiger partial charge in [-0.3, -0.25) is 9.36 Å². The molecule has 0 saturated carbocycles. The maximum Gasteiger partial charge on any atom is 0.230 e. The van der Waals surface area contributed by atoms with Gasteiger partial charge in [0.2, 0.25) is 11.7 Å². The maximum absolute atomic E-state index is 12.2. The molecular weight excluding hydrogens is 456 g/mol. The smallest absolute Gasteiger partial charge is 0.230 e. The van der Waals surface area contributed by atoms with Gasteiger partial charge >= 0.3 is 0 Å². The Kier molecular flexibility index (Phi) is 9.03. The van der Waals surface area contributed by atoms with Gasteiger partial charge in [-0.1, -0.05) is 18.7 Å². The molecular formula is C24H30N4O5S. The molecule has 1 N–H and O–H groups in total. The van der Waals surface area contributed by atoms with Crippen molar-refractivity contribution in [3.8, 4) is 40.1 Å². The van der Waals surface area contributed by atoms with Crippen LogP contribution in [0.4, 0.5) is 0 Å². The van der Waals surface area contributed by atoms with Crippen LogP contribution in [0, 0.1) is 0 Å². The summed E-state index contributed by atoms with van der Waals surface area (Å²) in [5, 5.41) is 12.3.